The first-order chi connectivity index (χ1) is 8.74. The Bertz CT molecular complexity index is 680. The zero-order valence-corrected chi connectivity index (χ0v) is 10.2. The van der Waals surface area contributed by atoms with Crippen LogP contribution >= 0.6 is 0 Å². The fourth-order valence-corrected chi connectivity index (χ4v) is 2.12. The number of hydrogen-bond acceptors (Lipinski definition) is 3. The van der Waals surface area contributed by atoms with E-state index in [4.69, 9.17) is 5.73 Å². The summed E-state index contributed by atoms with van der Waals surface area (Å²) < 4.78 is 4.17. The second kappa shape index (κ2) is 4.18. The fraction of sp³-hybridized carbons (Fsp3) is 0.231. The third-order valence-electron chi connectivity index (χ3n) is 3.14. The maximum Gasteiger partial charge on any atom is 0.110 e. The molecular weight excluding hydrogens is 226 g/mol. The Balaban J connectivity index is 1.85. The van der Waals surface area contributed by atoms with E-state index in [9.17, 15) is 0 Å². The second-order valence-corrected chi connectivity index (χ2v) is 4.39. The van der Waals surface area contributed by atoms with Crippen LogP contribution in [0, 0.1) is 0 Å². The summed E-state index contributed by atoms with van der Waals surface area (Å²) in [5.41, 5.74) is 8.54. The van der Waals surface area contributed by atoms with E-state index < -0.39 is 0 Å². The molecule has 3 rings (SSSR count). The van der Waals surface area contributed by atoms with Crippen LogP contribution in [-0.4, -0.2) is 19.1 Å². The predicted octanol–water partition coefficient (Wildman–Crippen LogP) is 1.59. The minimum absolute atomic E-state index is 0.747. The standard InChI is InChI=1S/C13H15N5/c1-17-7-5-15-13(17)4-6-18-9-16-11-8-10(14)2-3-12(11)18/h2-3,5,7-9H,4,6,14H2,1H3. The first kappa shape index (κ1) is 10.8. The highest BCUT2D eigenvalue weighted by Gasteiger charge is 2.04. The van der Waals surface area contributed by atoms with Crippen molar-refractivity contribution in [1.82, 2.24) is 19.1 Å². The summed E-state index contributed by atoms with van der Waals surface area (Å²) in [7, 11) is 2.01. The van der Waals surface area contributed by atoms with Crippen LogP contribution < -0.4 is 5.73 Å². The van der Waals surface area contributed by atoms with Gasteiger partial charge in [-0.05, 0) is 18.2 Å². The third kappa shape index (κ3) is 1.84. The summed E-state index contributed by atoms with van der Waals surface area (Å²) in [6, 6.07) is 5.81. The van der Waals surface area contributed by atoms with Gasteiger partial charge in [-0.3, -0.25) is 0 Å². The summed E-state index contributed by atoms with van der Waals surface area (Å²) in [5.74, 6) is 1.08. The van der Waals surface area contributed by atoms with E-state index >= 15 is 0 Å². The van der Waals surface area contributed by atoms with E-state index in [2.05, 4.69) is 14.5 Å². The minimum Gasteiger partial charge on any atom is -0.399 e. The van der Waals surface area contributed by atoms with Gasteiger partial charge in [0.2, 0.25) is 0 Å². The third-order valence-corrected chi connectivity index (χ3v) is 3.14. The molecule has 5 heteroatoms. The highest BCUT2D eigenvalue weighted by atomic mass is 15.1. The molecule has 2 heterocycles. The van der Waals surface area contributed by atoms with Crippen LogP contribution in [0.5, 0.6) is 0 Å². The number of aromatic nitrogens is 4. The highest BCUT2D eigenvalue weighted by molar-refractivity contribution is 5.78. The number of hydrogen-bond donors (Lipinski definition) is 1. The van der Waals surface area contributed by atoms with Gasteiger partial charge in [0.15, 0.2) is 0 Å². The lowest BCUT2D eigenvalue weighted by molar-refractivity contribution is 0.663. The van der Waals surface area contributed by atoms with Crippen LogP contribution in [0.15, 0.2) is 36.9 Å². The maximum absolute atomic E-state index is 5.74. The summed E-state index contributed by atoms with van der Waals surface area (Å²) in [4.78, 5) is 8.68. The molecule has 0 fully saturated rings. The molecule has 2 aromatic heterocycles. The van der Waals surface area contributed by atoms with Crippen LogP contribution in [0.2, 0.25) is 0 Å². The van der Waals surface area contributed by atoms with Crippen molar-refractivity contribution < 1.29 is 0 Å². The van der Waals surface area contributed by atoms with Gasteiger partial charge in [-0.1, -0.05) is 0 Å². The minimum atomic E-state index is 0.747. The van der Waals surface area contributed by atoms with Crippen LogP contribution in [0.4, 0.5) is 5.69 Å². The number of anilines is 1. The molecule has 0 aliphatic carbocycles. The van der Waals surface area contributed by atoms with E-state index in [-0.39, 0.29) is 0 Å². The molecule has 0 bridgehead atoms. The van der Waals surface area contributed by atoms with E-state index in [0.29, 0.717) is 0 Å². The first-order valence-corrected chi connectivity index (χ1v) is 5.90. The van der Waals surface area contributed by atoms with Crippen LogP contribution in [0.3, 0.4) is 0 Å². The number of benzene rings is 1. The SMILES string of the molecule is Cn1ccnc1CCn1cnc2cc(N)ccc21. The number of imidazole rings is 2. The molecule has 0 unspecified atom stereocenters. The molecule has 0 aliphatic rings. The number of aryl methyl sites for hydroxylation is 3. The van der Waals surface area contributed by atoms with E-state index in [1.807, 2.05) is 48.5 Å². The molecule has 0 atom stereocenters. The summed E-state index contributed by atoms with van der Waals surface area (Å²) >= 11 is 0. The molecule has 0 radical (unpaired) electrons. The Kier molecular flexibility index (Phi) is 2.51. The van der Waals surface area contributed by atoms with Gasteiger partial charge in [-0.2, -0.15) is 0 Å². The summed E-state index contributed by atoms with van der Waals surface area (Å²) in [6.07, 6.45) is 6.52. The zero-order chi connectivity index (χ0) is 12.5. The lowest BCUT2D eigenvalue weighted by Crippen LogP contribution is -2.04. The average Bonchev–Trinajstić information content (AvgIpc) is 2.93. The lowest BCUT2D eigenvalue weighted by Gasteiger charge is -2.04. The Labute approximate surface area is 105 Å². The maximum atomic E-state index is 5.74. The molecule has 0 aliphatic heterocycles. The van der Waals surface area contributed by atoms with Crippen molar-refractivity contribution in [1.29, 1.82) is 0 Å². The number of nitrogens with zero attached hydrogens (tertiary/aromatic N) is 4. The van der Waals surface area contributed by atoms with Gasteiger partial charge in [-0.15, -0.1) is 0 Å². The predicted molar refractivity (Wildman–Crippen MR) is 71.1 cm³/mol. The van der Waals surface area contributed by atoms with Crippen LogP contribution in [0.25, 0.3) is 11.0 Å². The van der Waals surface area contributed by atoms with Gasteiger partial charge in [0.1, 0.15) is 5.82 Å². The molecule has 0 amide bonds. The first-order valence-electron chi connectivity index (χ1n) is 5.90. The van der Waals surface area contributed by atoms with Gasteiger partial charge in [0.05, 0.1) is 17.4 Å². The number of fused-ring (bicyclic) bond motifs is 1. The summed E-state index contributed by atoms with van der Waals surface area (Å²) in [5, 5.41) is 0. The molecule has 92 valence electrons. The van der Waals surface area contributed by atoms with E-state index in [1.54, 1.807) is 0 Å². The molecule has 1 aromatic carbocycles. The van der Waals surface area contributed by atoms with Crippen molar-refractivity contribution in [2.75, 3.05) is 5.73 Å². The number of nitrogen functional groups attached to an aromatic ring is 1. The Morgan fingerprint density at radius 1 is 1.28 bits per heavy atom. The molecule has 0 saturated carbocycles. The smallest absolute Gasteiger partial charge is 0.110 e. The van der Waals surface area contributed by atoms with Gasteiger partial charge < -0.3 is 14.9 Å². The fourth-order valence-electron chi connectivity index (χ4n) is 2.12. The zero-order valence-electron chi connectivity index (χ0n) is 10.2. The molecular formula is C13H15N5. The van der Waals surface area contributed by atoms with Crippen LogP contribution in [-0.2, 0) is 20.0 Å². The van der Waals surface area contributed by atoms with Crippen LogP contribution in [0.1, 0.15) is 5.82 Å². The molecule has 3 aromatic rings. The number of nitrogens with two attached hydrogens (primary N) is 1. The molecule has 0 spiro atoms. The van der Waals surface area contributed by atoms with E-state index in [0.717, 1.165) is 35.5 Å². The molecule has 18 heavy (non-hydrogen) atoms. The quantitative estimate of drug-likeness (QED) is 0.708. The van der Waals surface area contributed by atoms with Crippen molar-refractivity contribution in [3.8, 4) is 0 Å². The van der Waals surface area contributed by atoms with Crippen molar-refractivity contribution in [2.24, 2.45) is 7.05 Å². The van der Waals surface area contributed by atoms with Crippen molar-refractivity contribution >= 4 is 16.7 Å². The molecule has 2 N–H and O–H groups in total. The number of rotatable bonds is 3. The van der Waals surface area contributed by atoms with Gasteiger partial charge in [0, 0.05) is 38.1 Å². The van der Waals surface area contributed by atoms with Gasteiger partial charge in [0.25, 0.3) is 0 Å². The molecule has 5 nitrogen and oxygen atoms in total. The normalized spacial score (nSPS) is 11.2. The average molecular weight is 241 g/mol. The van der Waals surface area contributed by atoms with E-state index in [1.165, 1.54) is 0 Å². The van der Waals surface area contributed by atoms with Crippen molar-refractivity contribution in [3.05, 3.63) is 42.7 Å². The van der Waals surface area contributed by atoms with Crippen molar-refractivity contribution in [3.63, 3.8) is 0 Å². The highest BCUT2D eigenvalue weighted by Crippen LogP contribution is 2.16. The summed E-state index contributed by atoms with van der Waals surface area (Å²) in [6.45, 7) is 0.866. The van der Waals surface area contributed by atoms with Crippen molar-refractivity contribution in [2.45, 2.75) is 13.0 Å². The Morgan fingerprint density at radius 2 is 2.17 bits per heavy atom. The van der Waals surface area contributed by atoms with Gasteiger partial charge >= 0.3 is 0 Å². The monoisotopic (exact) mass is 241 g/mol. The molecule has 0 saturated heterocycles. The Hall–Kier alpha value is -2.30. The largest absolute Gasteiger partial charge is 0.399 e. The van der Waals surface area contributed by atoms with Gasteiger partial charge in [-0.25, -0.2) is 9.97 Å². The Morgan fingerprint density at radius 3 is 2.94 bits per heavy atom. The second-order valence-electron chi connectivity index (χ2n) is 4.39. The topological polar surface area (TPSA) is 61.7 Å². The lowest BCUT2D eigenvalue weighted by atomic mass is 10.3.